The van der Waals surface area contributed by atoms with E-state index in [9.17, 15) is 0 Å². The highest BCUT2D eigenvalue weighted by Crippen LogP contribution is 2.18. The van der Waals surface area contributed by atoms with E-state index in [-0.39, 0.29) is 0 Å². The van der Waals surface area contributed by atoms with E-state index in [2.05, 4.69) is 103 Å². The molecule has 3 aromatic rings. The summed E-state index contributed by atoms with van der Waals surface area (Å²) in [4.78, 5) is 2.12. The predicted octanol–water partition coefficient (Wildman–Crippen LogP) is 4.21. The monoisotopic (exact) mass is 320 g/mol. The van der Waals surface area contributed by atoms with Crippen molar-refractivity contribution >= 4 is 28.9 Å². The highest BCUT2D eigenvalue weighted by atomic mass is 15.2. The molecule has 0 spiro atoms. The lowest BCUT2D eigenvalue weighted by atomic mass is 10.2. The lowest BCUT2D eigenvalue weighted by Crippen LogP contribution is -2.35. The topological polar surface area (TPSA) is 12.1 Å². The van der Waals surface area contributed by atoms with Gasteiger partial charge in [-0.15, -0.1) is 0 Å². The molecule has 0 saturated carbocycles. The third kappa shape index (κ3) is 2.94. The van der Waals surface area contributed by atoms with Gasteiger partial charge in [0, 0.05) is 25.9 Å². The third-order valence-corrected chi connectivity index (χ3v) is 4.48. The molecule has 2 aromatic carbocycles. The minimum absolute atomic E-state index is 0.965. The van der Waals surface area contributed by atoms with Crippen molar-refractivity contribution in [2.75, 3.05) is 19.0 Å². The van der Waals surface area contributed by atoms with Crippen LogP contribution in [0.2, 0.25) is 0 Å². The normalized spacial score (nSPS) is 11.5. The van der Waals surface area contributed by atoms with E-state index in [4.69, 9.17) is 0 Å². The first-order valence-corrected chi connectivity index (χ1v) is 8.62. The molecule has 0 fully saturated rings. The zero-order chi connectivity index (χ0) is 17.1. The Bertz CT molecular complexity index is 814. The van der Waals surface area contributed by atoms with Gasteiger partial charge in [0.05, 0.1) is 13.1 Å². The first-order valence-electron chi connectivity index (χ1n) is 8.62. The minimum Gasteiger partial charge on any atom is -0.378 e. The van der Waals surface area contributed by atoms with Crippen molar-refractivity contribution in [3.63, 3.8) is 0 Å². The number of fused-ring (bicyclic) bond motifs is 1. The maximum atomic E-state index is 2.38. The molecule has 0 atom stereocenters. The van der Waals surface area contributed by atoms with Crippen molar-refractivity contribution in [3.8, 4) is 0 Å². The maximum absolute atomic E-state index is 2.38. The van der Waals surface area contributed by atoms with Crippen LogP contribution in [0.3, 0.4) is 0 Å². The summed E-state index contributed by atoms with van der Waals surface area (Å²) in [5.74, 6) is 1.25. The Morgan fingerprint density at radius 3 is 2.29 bits per heavy atom. The van der Waals surface area contributed by atoms with Crippen LogP contribution >= 0.6 is 0 Å². The highest BCUT2D eigenvalue weighted by Gasteiger charge is 2.20. The lowest BCUT2D eigenvalue weighted by Gasteiger charge is -2.11. The van der Waals surface area contributed by atoms with E-state index < -0.39 is 0 Å². The first kappa shape index (κ1) is 16.3. The Kier molecular flexibility index (Phi) is 4.70. The quantitative estimate of drug-likeness (QED) is 0.642. The number of nitrogens with zero attached hydrogens (tertiary/aromatic N) is 3. The van der Waals surface area contributed by atoms with Crippen LogP contribution in [0.5, 0.6) is 0 Å². The van der Waals surface area contributed by atoms with Gasteiger partial charge in [0.1, 0.15) is 0 Å². The second-order valence-corrected chi connectivity index (χ2v) is 6.15. The molecule has 1 aromatic heterocycles. The fraction of sp³-hybridized carbons (Fsp3) is 0.286. The minimum atomic E-state index is 0.965. The summed E-state index contributed by atoms with van der Waals surface area (Å²) in [5, 5.41) is 0. The smallest absolute Gasteiger partial charge is 0.282 e. The standard InChI is InChI=1S/C21H26N3/c1-5-23-19-9-7-8-10-20(19)24(6-2)21(23)16-13-17-11-14-18(15-12-17)22(3)4/h7-16H,5-6H2,1-4H3/q+1. The summed E-state index contributed by atoms with van der Waals surface area (Å²) in [6, 6.07) is 17.3. The molecule has 0 unspecified atom stereocenters. The number of anilines is 1. The average Bonchev–Trinajstić information content (AvgIpc) is 2.92. The zero-order valence-electron chi connectivity index (χ0n) is 15.0. The molecule has 0 saturated heterocycles. The number of para-hydroxylation sites is 2. The number of aryl methyl sites for hydroxylation is 2. The van der Waals surface area contributed by atoms with Crippen LogP contribution in [-0.2, 0) is 13.1 Å². The van der Waals surface area contributed by atoms with E-state index in [1.54, 1.807) is 0 Å². The number of hydrogen-bond donors (Lipinski definition) is 0. The van der Waals surface area contributed by atoms with Gasteiger partial charge in [0.2, 0.25) is 0 Å². The van der Waals surface area contributed by atoms with Crippen LogP contribution in [0.4, 0.5) is 5.69 Å². The van der Waals surface area contributed by atoms with Crippen molar-refractivity contribution in [1.29, 1.82) is 0 Å². The molecule has 0 aliphatic carbocycles. The number of benzene rings is 2. The molecular formula is C21H26N3+. The zero-order valence-corrected chi connectivity index (χ0v) is 15.0. The lowest BCUT2D eigenvalue weighted by molar-refractivity contribution is -0.670. The molecule has 0 aliphatic heterocycles. The number of imidazole rings is 1. The van der Waals surface area contributed by atoms with E-state index in [1.807, 2.05) is 0 Å². The molecule has 0 radical (unpaired) electrons. The van der Waals surface area contributed by atoms with Gasteiger partial charge in [-0.3, -0.25) is 0 Å². The molecule has 0 N–H and O–H groups in total. The van der Waals surface area contributed by atoms with Gasteiger partial charge in [-0.2, -0.15) is 0 Å². The van der Waals surface area contributed by atoms with E-state index >= 15 is 0 Å². The Balaban J connectivity index is 2.02. The van der Waals surface area contributed by atoms with Gasteiger partial charge in [-0.25, -0.2) is 9.13 Å². The predicted molar refractivity (Wildman–Crippen MR) is 103 cm³/mol. The van der Waals surface area contributed by atoms with Crippen LogP contribution in [0.1, 0.15) is 25.2 Å². The van der Waals surface area contributed by atoms with Crippen LogP contribution in [0.15, 0.2) is 48.5 Å². The second-order valence-electron chi connectivity index (χ2n) is 6.15. The fourth-order valence-electron chi connectivity index (χ4n) is 3.21. The molecule has 0 aliphatic rings. The van der Waals surface area contributed by atoms with Crippen LogP contribution < -0.4 is 9.47 Å². The summed E-state index contributed by atoms with van der Waals surface area (Å²) >= 11 is 0. The molecular weight excluding hydrogens is 294 g/mol. The fourth-order valence-corrected chi connectivity index (χ4v) is 3.21. The van der Waals surface area contributed by atoms with E-state index in [0.29, 0.717) is 0 Å². The first-order chi connectivity index (χ1) is 11.7. The third-order valence-electron chi connectivity index (χ3n) is 4.48. The van der Waals surface area contributed by atoms with Gasteiger partial charge < -0.3 is 4.90 Å². The number of aromatic nitrogens is 2. The summed E-state index contributed by atoms with van der Waals surface area (Å²) in [6.45, 7) is 6.34. The highest BCUT2D eigenvalue weighted by molar-refractivity contribution is 5.76. The van der Waals surface area contributed by atoms with Crippen LogP contribution in [-0.4, -0.2) is 18.7 Å². The molecule has 3 nitrogen and oxygen atoms in total. The van der Waals surface area contributed by atoms with Gasteiger partial charge in [0.25, 0.3) is 5.82 Å². The Morgan fingerprint density at radius 2 is 1.67 bits per heavy atom. The Hall–Kier alpha value is -2.55. The summed E-state index contributed by atoms with van der Waals surface area (Å²) in [7, 11) is 4.13. The van der Waals surface area contributed by atoms with Crippen LogP contribution in [0, 0.1) is 0 Å². The van der Waals surface area contributed by atoms with Gasteiger partial charge in [-0.05, 0) is 49.8 Å². The van der Waals surface area contributed by atoms with Crippen molar-refractivity contribution in [2.45, 2.75) is 26.9 Å². The van der Waals surface area contributed by atoms with Crippen molar-refractivity contribution in [3.05, 3.63) is 59.9 Å². The summed E-state index contributed by atoms with van der Waals surface area (Å²) in [6.07, 6.45) is 4.43. The van der Waals surface area contributed by atoms with Crippen molar-refractivity contribution < 1.29 is 4.57 Å². The molecule has 0 amide bonds. The van der Waals surface area contributed by atoms with Gasteiger partial charge in [-0.1, -0.05) is 24.3 Å². The van der Waals surface area contributed by atoms with Crippen LogP contribution in [0.25, 0.3) is 23.2 Å². The summed E-state index contributed by atoms with van der Waals surface area (Å²) in [5.41, 5.74) is 5.03. The second kappa shape index (κ2) is 6.91. The Labute approximate surface area is 144 Å². The number of rotatable bonds is 5. The molecule has 3 heteroatoms. The molecule has 0 bridgehead atoms. The number of hydrogen-bond acceptors (Lipinski definition) is 1. The Morgan fingerprint density at radius 1 is 0.958 bits per heavy atom. The van der Waals surface area contributed by atoms with Gasteiger partial charge >= 0.3 is 0 Å². The maximum Gasteiger partial charge on any atom is 0.282 e. The van der Waals surface area contributed by atoms with E-state index in [0.717, 1.165) is 13.1 Å². The molecule has 3 rings (SSSR count). The molecule has 124 valence electrons. The molecule has 1 heterocycles. The van der Waals surface area contributed by atoms with Crippen molar-refractivity contribution in [1.82, 2.24) is 4.57 Å². The largest absolute Gasteiger partial charge is 0.378 e. The van der Waals surface area contributed by atoms with Gasteiger partial charge in [0.15, 0.2) is 11.0 Å². The summed E-state index contributed by atoms with van der Waals surface area (Å²) < 4.78 is 4.76. The average molecular weight is 320 g/mol. The van der Waals surface area contributed by atoms with E-state index in [1.165, 1.54) is 28.1 Å². The van der Waals surface area contributed by atoms with Crippen molar-refractivity contribution in [2.24, 2.45) is 0 Å². The SMILES string of the molecule is CCn1c(/C=C/c2ccc(N(C)C)cc2)[n+](CC)c2ccccc21. The molecule has 24 heavy (non-hydrogen) atoms.